The Hall–Kier alpha value is -0.700. The molecule has 0 aromatic carbocycles. The van der Waals surface area contributed by atoms with Crippen LogP contribution in [0.15, 0.2) is 0 Å². The summed E-state index contributed by atoms with van der Waals surface area (Å²) in [7, 11) is -1.81. The smallest absolute Gasteiger partial charge is 0.253 e. The maximum absolute atomic E-state index is 12.0. The van der Waals surface area contributed by atoms with Gasteiger partial charge in [-0.15, -0.1) is 0 Å². The Bertz CT molecular complexity index is 381. The van der Waals surface area contributed by atoms with Gasteiger partial charge in [-0.25, -0.2) is 13.1 Å². The summed E-state index contributed by atoms with van der Waals surface area (Å²) in [5.41, 5.74) is 5.44. The standard InChI is InChI=1S/C10H21N3O4S/c1-17-9(6-11)10(14)13-5-3-4-8(7-13)12-18(2,15)16/h8-9,12H,3-7,11H2,1-2H3. The fourth-order valence-electron chi connectivity index (χ4n) is 2.08. The van der Waals surface area contributed by atoms with Crippen LogP contribution in [0.1, 0.15) is 12.8 Å². The summed E-state index contributed by atoms with van der Waals surface area (Å²) in [5.74, 6) is -0.181. The molecule has 1 aliphatic rings. The highest BCUT2D eigenvalue weighted by atomic mass is 32.2. The van der Waals surface area contributed by atoms with Gasteiger partial charge in [0.15, 0.2) is 0 Å². The molecule has 0 aromatic rings. The molecule has 0 aromatic heterocycles. The first-order chi connectivity index (χ1) is 8.37. The number of carbonyl (C=O) groups excluding carboxylic acids is 1. The number of hydrogen-bond donors (Lipinski definition) is 2. The van der Waals surface area contributed by atoms with Gasteiger partial charge in [0.25, 0.3) is 5.91 Å². The van der Waals surface area contributed by atoms with Gasteiger partial charge in [0.1, 0.15) is 6.10 Å². The largest absolute Gasteiger partial charge is 0.370 e. The summed E-state index contributed by atoms with van der Waals surface area (Å²) < 4.78 is 29.8. The van der Waals surface area contributed by atoms with E-state index < -0.39 is 16.1 Å². The number of nitrogens with two attached hydrogens (primary N) is 1. The minimum atomic E-state index is -3.25. The van der Waals surface area contributed by atoms with E-state index in [1.165, 1.54) is 7.11 Å². The van der Waals surface area contributed by atoms with E-state index in [-0.39, 0.29) is 18.5 Å². The minimum Gasteiger partial charge on any atom is -0.370 e. The maximum atomic E-state index is 12.0. The molecule has 3 N–H and O–H groups in total. The summed E-state index contributed by atoms with van der Waals surface area (Å²) in [6.45, 7) is 1.10. The minimum absolute atomic E-state index is 0.121. The number of carbonyl (C=O) groups is 1. The SMILES string of the molecule is COC(CN)C(=O)N1CCCC(NS(C)(=O)=O)C1. The molecule has 0 radical (unpaired) electrons. The second kappa shape index (κ2) is 6.46. The van der Waals surface area contributed by atoms with Crippen LogP contribution in [-0.4, -0.2) is 64.4 Å². The number of rotatable bonds is 5. The van der Waals surface area contributed by atoms with Gasteiger partial charge in [-0.1, -0.05) is 0 Å². The van der Waals surface area contributed by atoms with Crippen LogP contribution < -0.4 is 10.5 Å². The number of nitrogens with zero attached hydrogens (tertiary/aromatic N) is 1. The molecule has 1 saturated heterocycles. The van der Waals surface area contributed by atoms with Crippen LogP contribution in [0.4, 0.5) is 0 Å². The number of piperidine rings is 1. The Morgan fingerprint density at radius 2 is 2.28 bits per heavy atom. The van der Waals surface area contributed by atoms with Crippen LogP contribution >= 0.6 is 0 Å². The number of methoxy groups -OCH3 is 1. The summed E-state index contributed by atoms with van der Waals surface area (Å²) in [4.78, 5) is 13.6. The van der Waals surface area contributed by atoms with E-state index in [0.717, 1.165) is 19.1 Å². The van der Waals surface area contributed by atoms with Gasteiger partial charge in [0.05, 0.1) is 6.26 Å². The fraction of sp³-hybridized carbons (Fsp3) is 0.900. The van der Waals surface area contributed by atoms with Crippen molar-refractivity contribution in [2.75, 3.05) is 33.0 Å². The molecule has 2 atom stereocenters. The molecule has 2 unspecified atom stereocenters. The van der Waals surface area contributed by atoms with Crippen LogP contribution in [0.5, 0.6) is 0 Å². The highest BCUT2D eigenvalue weighted by Gasteiger charge is 2.29. The Kier molecular flexibility index (Phi) is 5.51. The average Bonchev–Trinajstić information content (AvgIpc) is 2.28. The van der Waals surface area contributed by atoms with Gasteiger partial charge in [-0.2, -0.15) is 0 Å². The van der Waals surface area contributed by atoms with E-state index in [4.69, 9.17) is 10.5 Å². The second-order valence-electron chi connectivity index (χ2n) is 4.47. The molecule has 0 saturated carbocycles. The third-order valence-corrected chi connectivity index (χ3v) is 3.65. The molecule has 18 heavy (non-hydrogen) atoms. The lowest BCUT2D eigenvalue weighted by molar-refractivity contribution is -0.142. The third kappa shape index (κ3) is 4.52. The molecule has 106 valence electrons. The summed E-state index contributed by atoms with van der Waals surface area (Å²) in [5, 5.41) is 0. The normalized spacial score (nSPS) is 22.8. The van der Waals surface area contributed by atoms with Crippen LogP contribution in [-0.2, 0) is 19.6 Å². The summed E-state index contributed by atoms with van der Waals surface area (Å²) >= 11 is 0. The number of sulfonamides is 1. The van der Waals surface area contributed by atoms with Crippen molar-refractivity contribution in [3.8, 4) is 0 Å². The molecular formula is C10H21N3O4S. The average molecular weight is 279 g/mol. The van der Waals surface area contributed by atoms with E-state index in [9.17, 15) is 13.2 Å². The Morgan fingerprint density at radius 1 is 1.61 bits per heavy atom. The lowest BCUT2D eigenvalue weighted by atomic mass is 10.1. The van der Waals surface area contributed by atoms with Gasteiger partial charge in [-0.3, -0.25) is 4.79 Å². The maximum Gasteiger partial charge on any atom is 0.253 e. The van der Waals surface area contributed by atoms with Crippen molar-refractivity contribution in [1.82, 2.24) is 9.62 Å². The molecule has 1 amide bonds. The number of nitrogens with one attached hydrogen (secondary N) is 1. The van der Waals surface area contributed by atoms with E-state index in [1.54, 1.807) is 4.90 Å². The molecule has 7 nitrogen and oxygen atoms in total. The highest BCUT2D eigenvalue weighted by molar-refractivity contribution is 7.88. The molecule has 1 aliphatic heterocycles. The van der Waals surface area contributed by atoms with Crippen molar-refractivity contribution < 1.29 is 17.9 Å². The lowest BCUT2D eigenvalue weighted by Crippen LogP contribution is -2.53. The Balaban J connectivity index is 2.61. The van der Waals surface area contributed by atoms with Crippen LogP contribution in [0, 0.1) is 0 Å². The quantitative estimate of drug-likeness (QED) is 0.638. The zero-order valence-corrected chi connectivity index (χ0v) is 11.6. The van der Waals surface area contributed by atoms with Gasteiger partial charge in [-0.05, 0) is 12.8 Å². The molecule has 0 spiro atoms. The zero-order chi connectivity index (χ0) is 13.8. The molecule has 0 bridgehead atoms. The Morgan fingerprint density at radius 3 is 2.78 bits per heavy atom. The van der Waals surface area contributed by atoms with E-state index in [1.807, 2.05) is 0 Å². The van der Waals surface area contributed by atoms with E-state index >= 15 is 0 Å². The number of likely N-dealkylation sites (tertiary alicyclic amines) is 1. The van der Waals surface area contributed by atoms with Crippen molar-refractivity contribution in [2.24, 2.45) is 5.73 Å². The fourth-order valence-corrected chi connectivity index (χ4v) is 2.88. The van der Waals surface area contributed by atoms with Crippen LogP contribution in [0.3, 0.4) is 0 Å². The van der Waals surface area contributed by atoms with Crippen molar-refractivity contribution >= 4 is 15.9 Å². The third-order valence-electron chi connectivity index (χ3n) is 2.89. The van der Waals surface area contributed by atoms with Crippen molar-refractivity contribution in [1.29, 1.82) is 0 Å². The van der Waals surface area contributed by atoms with Gasteiger partial charge >= 0.3 is 0 Å². The second-order valence-corrected chi connectivity index (χ2v) is 6.25. The number of hydrogen-bond acceptors (Lipinski definition) is 5. The van der Waals surface area contributed by atoms with Gasteiger partial charge in [0.2, 0.25) is 10.0 Å². The summed E-state index contributed by atoms with van der Waals surface area (Å²) in [6, 6.07) is -0.229. The number of ether oxygens (including phenoxy) is 1. The van der Waals surface area contributed by atoms with Crippen LogP contribution in [0.25, 0.3) is 0 Å². The van der Waals surface area contributed by atoms with Crippen molar-refractivity contribution in [3.05, 3.63) is 0 Å². The zero-order valence-electron chi connectivity index (χ0n) is 10.8. The lowest BCUT2D eigenvalue weighted by Gasteiger charge is -2.34. The number of amides is 1. The molecular weight excluding hydrogens is 258 g/mol. The Labute approximate surface area is 108 Å². The monoisotopic (exact) mass is 279 g/mol. The molecule has 1 fully saturated rings. The van der Waals surface area contributed by atoms with E-state index in [0.29, 0.717) is 13.1 Å². The molecule has 1 heterocycles. The molecule has 0 aliphatic carbocycles. The first-order valence-electron chi connectivity index (χ1n) is 5.86. The van der Waals surface area contributed by atoms with E-state index in [2.05, 4.69) is 4.72 Å². The van der Waals surface area contributed by atoms with Crippen LogP contribution in [0.2, 0.25) is 0 Å². The van der Waals surface area contributed by atoms with Gasteiger partial charge in [0, 0.05) is 32.8 Å². The highest BCUT2D eigenvalue weighted by Crippen LogP contribution is 2.12. The predicted molar refractivity (Wildman–Crippen MR) is 67.4 cm³/mol. The topological polar surface area (TPSA) is 102 Å². The summed E-state index contributed by atoms with van der Waals surface area (Å²) in [6.07, 6.45) is 1.96. The first kappa shape index (κ1) is 15.4. The van der Waals surface area contributed by atoms with Crippen molar-refractivity contribution in [2.45, 2.75) is 25.0 Å². The molecule has 8 heteroatoms. The van der Waals surface area contributed by atoms with Gasteiger partial charge < -0.3 is 15.4 Å². The first-order valence-corrected chi connectivity index (χ1v) is 7.75. The van der Waals surface area contributed by atoms with Crippen molar-refractivity contribution in [3.63, 3.8) is 0 Å². The predicted octanol–water partition coefficient (Wildman–Crippen LogP) is -1.50. The molecule has 1 rings (SSSR count).